The maximum atomic E-state index is 6.48. The molecule has 162 valence electrons. The average molecular weight is 442 g/mol. The molecule has 1 aromatic carbocycles. The molecule has 2 N–H and O–H groups in total. The van der Waals surface area contributed by atoms with E-state index in [1.54, 1.807) is 25.6 Å². The minimum absolute atomic E-state index is 0.136. The van der Waals surface area contributed by atoms with E-state index in [2.05, 4.69) is 17.1 Å². The van der Waals surface area contributed by atoms with Crippen molar-refractivity contribution < 1.29 is 23.8 Å². The van der Waals surface area contributed by atoms with Crippen molar-refractivity contribution in [3.63, 3.8) is 0 Å². The Morgan fingerprint density at radius 1 is 1.16 bits per heavy atom. The van der Waals surface area contributed by atoms with Gasteiger partial charge in [0.1, 0.15) is 16.6 Å². The first-order valence-electron chi connectivity index (χ1n) is 9.92. The number of aromatic nitrogens is 1. The van der Waals surface area contributed by atoms with Crippen LogP contribution in [0.2, 0.25) is 0 Å². The monoisotopic (exact) mass is 441 g/mol. The zero-order valence-electron chi connectivity index (χ0n) is 17.8. The van der Waals surface area contributed by atoms with Crippen LogP contribution in [0.4, 0.5) is 5.69 Å². The highest BCUT2D eigenvalue weighted by atomic mass is 32.1. The maximum Gasteiger partial charge on any atom is 0.231 e. The summed E-state index contributed by atoms with van der Waals surface area (Å²) < 4.78 is 22.2. The van der Waals surface area contributed by atoms with Crippen LogP contribution in [-0.2, 0) is 11.3 Å². The van der Waals surface area contributed by atoms with Crippen molar-refractivity contribution in [2.75, 3.05) is 26.7 Å². The lowest BCUT2D eigenvalue weighted by Crippen LogP contribution is -2.13. The number of oxime groups is 1. The number of aryl methyl sites for hydroxylation is 2. The fourth-order valence-corrected chi connectivity index (χ4v) is 5.40. The van der Waals surface area contributed by atoms with E-state index in [9.17, 15) is 0 Å². The molecule has 4 heterocycles. The Hall–Kier alpha value is -3.20. The highest BCUT2D eigenvalue weighted by molar-refractivity contribution is 7.21. The number of rotatable bonds is 5. The number of thiophene rings is 1. The molecular formula is C22H23N3O5S. The van der Waals surface area contributed by atoms with Crippen molar-refractivity contribution in [1.29, 1.82) is 0 Å². The van der Waals surface area contributed by atoms with E-state index in [4.69, 9.17) is 29.5 Å². The van der Waals surface area contributed by atoms with Gasteiger partial charge in [-0.2, -0.15) is 0 Å². The van der Waals surface area contributed by atoms with Crippen molar-refractivity contribution >= 4 is 33.0 Å². The summed E-state index contributed by atoms with van der Waals surface area (Å²) in [5.41, 5.74) is 11.0. The molecule has 0 bridgehead atoms. The molecule has 1 atom stereocenters. The Bertz CT molecular complexity index is 1220. The van der Waals surface area contributed by atoms with Gasteiger partial charge in [-0.1, -0.05) is 5.16 Å². The molecule has 0 saturated heterocycles. The predicted octanol–water partition coefficient (Wildman–Crippen LogP) is 3.98. The summed E-state index contributed by atoms with van der Waals surface area (Å²) in [5.74, 6) is 2.35. The van der Waals surface area contributed by atoms with Crippen molar-refractivity contribution in [1.82, 2.24) is 4.98 Å². The van der Waals surface area contributed by atoms with Crippen molar-refractivity contribution in [3.05, 3.63) is 33.8 Å². The summed E-state index contributed by atoms with van der Waals surface area (Å²) in [7, 11) is 3.21. The second-order valence-electron chi connectivity index (χ2n) is 7.62. The highest BCUT2D eigenvalue weighted by Gasteiger charge is 2.31. The topological polar surface area (TPSA) is 97.4 Å². The van der Waals surface area contributed by atoms with Crippen LogP contribution in [0.3, 0.4) is 0 Å². The normalized spacial score (nSPS) is 17.0. The Balaban J connectivity index is 1.42. The molecule has 2 aromatic heterocycles. The zero-order valence-corrected chi connectivity index (χ0v) is 18.6. The quantitative estimate of drug-likeness (QED) is 0.640. The predicted molar refractivity (Wildman–Crippen MR) is 119 cm³/mol. The van der Waals surface area contributed by atoms with Gasteiger partial charge in [0.05, 0.1) is 24.8 Å². The van der Waals surface area contributed by atoms with Crippen molar-refractivity contribution in [2.24, 2.45) is 5.16 Å². The summed E-state index contributed by atoms with van der Waals surface area (Å²) in [5, 5.41) is 5.35. The number of nitrogen functional groups attached to an aromatic ring is 1. The maximum absolute atomic E-state index is 6.48. The van der Waals surface area contributed by atoms with Crippen molar-refractivity contribution in [3.8, 4) is 23.0 Å². The number of nitrogens with two attached hydrogens (primary N) is 1. The molecule has 0 saturated carbocycles. The Morgan fingerprint density at radius 2 is 1.97 bits per heavy atom. The van der Waals surface area contributed by atoms with Crippen LogP contribution in [0, 0.1) is 13.8 Å². The third-order valence-corrected chi connectivity index (χ3v) is 6.68. The largest absolute Gasteiger partial charge is 0.493 e. The lowest BCUT2D eigenvalue weighted by Gasteiger charge is -2.15. The molecule has 2 aliphatic heterocycles. The van der Waals surface area contributed by atoms with E-state index in [-0.39, 0.29) is 12.9 Å². The number of hydrogen-bond acceptors (Lipinski definition) is 9. The molecule has 9 heteroatoms. The number of methoxy groups -OCH3 is 2. The fraction of sp³-hybridized carbons (Fsp3) is 0.364. The van der Waals surface area contributed by atoms with Crippen LogP contribution >= 0.6 is 11.3 Å². The summed E-state index contributed by atoms with van der Waals surface area (Å²) in [4.78, 5) is 12.3. The first kappa shape index (κ1) is 19.7. The third-order valence-electron chi connectivity index (χ3n) is 5.53. The van der Waals surface area contributed by atoms with Gasteiger partial charge < -0.3 is 29.5 Å². The van der Waals surface area contributed by atoms with Gasteiger partial charge in [0.2, 0.25) is 18.3 Å². The van der Waals surface area contributed by atoms with E-state index < -0.39 is 0 Å². The number of nitrogens with zero attached hydrogens (tertiary/aromatic N) is 2. The van der Waals surface area contributed by atoms with Crippen LogP contribution in [0.5, 0.6) is 23.0 Å². The summed E-state index contributed by atoms with van der Waals surface area (Å²) in [6, 6.07) is 3.95. The van der Waals surface area contributed by atoms with Crippen LogP contribution in [0.15, 0.2) is 17.3 Å². The summed E-state index contributed by atoms with van der Waals surface area (Å²) >= 11 is 1.56. The van der Waals surface area contributed by atoms with Gasteiger partial charge in [0.25, 0.3) is 0 Å². The number of anilines is 1. The molecule has 0 spiro atoms. The second kappa shape index (κ2) is 7.49. The molecule has 3 aromatic rings. The fourth-order valence-electron chi connectivity index (χ4n) is 4.19. The minimum Gasteiger partial charge on any atom is -0.493 e. The molecule has 8 nitrogen and oxygen atoms in total. The molecule has 0 radical (unpaired) electrons. The van der Waals surface area contributed by atoms with Crippen LogP contribution < -0.4 is 24.7 Å². The minimum atomic E-state index is -0.158. The van der Waals surface area contributed by atoms with E-state index in [1.165, 1.54) is 0 Å². The van der Waals surface area contributed by atoms with E-state index in [0.29, 0.717) is 35.8 Å². The number of fused-ring (bicyclic) bond motifs is 2. The Labute approximate surface area is 183 Å². The van der Waals surface area contributed by atoms with E-state index >= 15 is 0 Å². The number of benzene rings is 1. The molecule has 0 amide bonds. The summed E-state index contributed by atoms with van der Waals surface area (Å²) in [6.07, 6.45) is 1.05. The van der Waals surface area contributed by atoms with Gasteiger partial charge in [0.15, 0.2) is 11.5 Å². The zero-order chi connectivity index (χ0) is 21.7. The Kier molecular flexibility index (Phi) is 4.77. The molecule has 5 rings (SSSR count). The highest BCUT2D eigenvalue weighted by Crippen LogP contribution is 2.50. The number of pyridine rings is 1. The van der Waals surface area contributed by atoms with Crippen LogP contribution in [0.25, 0.3) is 10.2 Å². The van der Waals surface area contributed by atoms with Gasteiger partial charge in [-0.25, -0.2) is 4.98 Å². The first-order chi connectivity index (χ1) is 15.0. The van der Waals surface area contributed by atoms with Gasteiger partial charge >= 0.3 is 0 Å². The second-order valence-corrected chi connectivity index (χ2v) is 8.61. The standard InChI is InChI=1S/C22H23N3O5S/c1-10-5-11(2)24-22-16(10)17(23)21(31-22)14-8-13(30-25-14)6-12-7-15(26-3)19-20(18(12)27-4)29-9-28-19/h5,7,13H,6,8-9,23H2,1-4H3/t13-/m1/s1. The average Bonchev–Trinajstić information content (AvgIpc) is 3.46. The molecule has 0 fully saturated rings. The third kappa shape index (κ3) is 3.20. The Morgan fingerprint density at radius 3 is 2.74 bits per heavy atom. The van der Waals surface area contributed by atoms with Crippen molar-refractivity contribution in [2.45, 2.75) is 32.8 Å². The number of hydrogen-bond donors (Lipinski definition) is 1. The summed E-state index contributed by atoms with van der Waals surface area (Å²) in [6.45, 7) is 4.18. The van der Waals surface area contributed by atoms with Gasteiger partial charge in [0, 0.05) is 29.5 Å². The van der Waals surface area contributed by atoms with Gasteiger partial charge in [-0.3, -0.25) is 0 Å². The van der Waals surface area contributed by atoms with Gasteiger partial charge in [-0.05, 0) is 31.5 Å². The smallest absolute Gasteiger partial charge is 0.231 e. The van der Waals surface area contributed by atoms with E-state index in [1.807, 2.05) is 19.1 Å². The molecular weight excluding hydrogens is 418 g/mol. The lowest BCUT2D eigenvalue weighted by molar-refractivity contribution is 0.0853. The molecule has 0 unspecified atom stereocenters. The van der Waals surface area contributed by atoms with E-state index in [0.717, 1.165) is 43.3 Å². The molecule has 31 heavy (non-hydrogen) atoms. The SMILES string of the molecule is COc1cc(C[C@@H]2CC(c3sc4nc(C)cc(C)c4c3N)=NO2)c(OC)c2c1OCO2. The lowest BCUT2D eigenvalue weighted by atomic mass is 10.0. The van der Waals surface area contributed by atoms with Crippen LogP contribution in [-0.4, -0.2) is 37.8 Å². The van der Waals surface area contributed by atoms with Crippen LogP contribution in [0.1, 0.15) is 28.1 Å². The number of ether oxygens (including phenoxy) is 4. The molecule has 0 aliphatic carbocycles. The first-order valence-corrected chi connectivity index (χ1v) is 10.7. The van der Waals surface area contributed by atoms with Gasteiger partial charge in [-0.15, -0.1) is 11.3 Å². The molecule has 2 aliphatic rings.